The van der Waals surface area contributed by atoms with Crippen molar-refractivity contribution >= 4 is 33.4 Å². The van der Waals surface area contributed by atoms with Gasteiger partial charge in [-0.15, -0.1) is 11.8 Å². The van der Waals surface area contributed by atoms with E-state index >= 15 is 0 Å². The van der Waals surface area contributed by atoms with Gasteiger partial charge in [0.25, 0.3) is 0 Å². The van der Waals surface area contributed by atoms with Crippen LogP contribution in [0.3, 0.4) is 0 Å². The summed E-state index contributed by atoms with van der Waals surface area (Å²) >= 11 is 5.53. The molecule has 1 aliphatic rings. The Hall–Kier alpha value is -0.150. The first-order valence-electron chi connectivity index (χ1n) is 5.93. The van der Waals surface area contributed by atoms with E-state index in [0.717, 1.165) is 16.1 Å². The molecule has 0 atom stereocenters. The minimum absolute atomic E-state index is 0.828. The monoisotopic (exact) mass is 299 g/mol. The second-order valence-corrected chi connectivity index (χ2v) is 6.42. The minimum atomic E-state index is 0.828. The van der Waals surface area contributed by atoms with Crippen LogP contribution in [0.4, 0.5) is 5.69 Å². The predicted octanol–water partition coefficient (Wildman–Crippen LogP) is 4.70. The third-order valence-corrected chi connectivity index (χ3v) is 5.38. The molecular formula is C13H18BrNS. The van der Waals surface area contributed by atoms with E-state index in [2.05, 4.69) is 22.0 Å². The molecule has 1 saturated carbocycles. The molecule has 0 amide bonds. The summed E-state index contributed by atoms with van der Waals surface area (Å²) < 4.78 is 1.13. The van der Waals surface area contributed by atoms with Crippen LogP contribution >= 0.6 is 27.7 Å². The summed E-state index contributed by atoms with van der Waals surface area (Å²) in [6.45, 7) is 0. The molecule has 3 heteroatoms. The Morgan fingerprint density at radius 3 is 2.69 bits per heavy atom. The molecule has 0 aromatic heterocycles. The van der Waals surface area contributed by atoms with Crippen molar-refractivity contribution in [3.8, 4) is 0 Å². The zero-order valence-corrected chi connectivity index (χ0v) is 11.8. The number of hydrogen-bond acceptors (Lipinski definition) is 2. The Kier molecular flexibility index (Phi) is 4.59. The Balaban J connectivity index is 1.88. The average molecular weight is 300 g/mol. The van der Waals surface area contributed by atoms with Crippen LogP contribution in [0.25, 0.3) is 0 Å². The molecule has 0 bridgehead atoms. The van der Waals surface area contributed by atoms with Gasteiger partial charge in [-0.1, -0.05) is 19.3 Å². The Morgan fingerprint density at radius 1 is 1.25 bits per heavy atom. The second-order valence-electron chi connectivity index (χ2n) is 4.50. The quantitative estimate of drug-likeness (QED) is 0.646. The van der Waals surface area contributed by atoms with Crippen molar-refractivity contribution in [2.75, 3.05) is 11.5 Å². The molecule has 0 heterocycles. The van der Waals surface area contributed by atoms with E-state index in [1.165, 1.54) is 42.8 Å². The minimum Gasteiger partial charge on any atom is -0.399 e. The third-order valence-electron chi connectivity index (χ3n) is 3.16. The Morgan fingerprint density at radius 2 is 2.00 bits per heavy atom. The Bertz CT molecular complexity index is 348. The topological polar surface area (TPSA) is 26.0 Å². The van der Waals surface area contributed by atoms with Gasteiger partial charge >= 0.3 is 0 Å². The van der Waals surface area contributed by atoms with Gasteiger partial charge in [-0.2, -0.15) is 0 Å². The van der Waals surface area contributed by atoms with Crippen LogP contribution in [0.5, 0.6) is 0 Å². The molecule has 1 aliphatic carbocycles. The van der Waals surface area contributed by atoms with Crippen LogP contribution < -0.4 is 5.73 Å². The number of hydrogen-bond donors (Lipinski definition) is 1. The molecule has 1 aromatic carbocycles. The number of nitrogens with two attached hydrogens (primary N) is 1. The van der Waals surface area contributed by atoms with Gasteiger partial charge in [0.15, 0.2) is 0 Å². The van der Waals surface area contributed by atoms with Gasteiger partial charge in [-0.25, -0.2) is 0 Å². The lowest BCUT2D eigenvalue weighted by Gasteiger charge is -2.21. The highest BCUT2D eigenvalue weighted by Crippen LogP contribution is 2.34. The molecule has 0 aliphatic heterocycles. The summed E-state index contributed by atoms with van der Waals surface area (Å²) in [7, 11) is 0. The van der Waals surface area contributed by atoms with E-state index < -0.39 is 0 Å². The van der Waals surface area contributed by atoms with Gasteiger partial charge in [-0.05, 0) is 52.9 Å². The van der Waals surface area contributed by atoms with E-state index in [0.29, 0.717) is 0 Å². The molecule has 1 fully saturated rings. The highest BCUT2D eigenvalue weighted by Gasteiger charge is 2.14. The number of rotatable bonds is 3. The summed E-state index contributed by atoms with van der Waals surface area (Å²) in [6, 6.07) is 6.09. The first-order chi connectivity index (χ1) is 7.75. The van der Waals surface area contributed by atoms with Crippen LogP contribution in [0, 0.1) is 5.92 Å². The number of nitrogen functional groups attached to an aromatic ring is 1. The highest BCUT2D eigenvalue weighted by molar-refractivity contribution is 9.10. The number of benzene rings is 1. The fourth-order valence-corrected chi connectivity index (χ4v) is 4.05. The van der Waals surface area contributed by atoms with Crippen molar-refractivity contribution in [2.45, 2.75) is 37.0 Å². The molecule has 0 spiro atoms. The molecule has 0 unspecified atom stereocenters. The van der Waals surface area contributed by atoms with Crippen LogP contribution in [-0.2, 0) is 0 Å². The van der Waals surface area contributed by atoms with E-state index in [4.69, 9.17) is 5.73 Å². The smallest absolute Gasteiger partial charge is 0.0331 e. The molecule has 1 aromatic rings. The van der Waals surface area contributed by atoms with E-state index in [9.17, 15) is 0 Å². The van der Waals surface area contributed by atoms with Crippen molar-refractivity contribution in [1.82, 2.24) is 0 Å². The fourth-order valence-electron chi connectivity index (χ4n) is 2.20. The van der Waals surface area contributed by atoms with E-state index in [1.54, 1.807) is 0 Å². The lowest BCUT2D eigenvalue weighted by atomic mass is 9.91. The fraction of sp³-hybridized carbons (Fsp3) is 0.538. The van der Waals surface area contributed by atoms with E-state index in [1.807, 2.05) is 23.9 Å². The first kappa shape index (κ1) is 12.3. The normalized spacial score (nSPS) is 17.6. The summed E-state index contributed by atoms with van der Waals surface area (Å²) in [5, 5.41) is 0. The van der Waals surface area contributed by atoms with Crippen LogP contribution in [0.2, 0.25) is 0 Å². The molecule has 16 heavy (non-hydrogen) atoms. The van der Waals surface area contributed by atoms with Gasteiger partial charge in [0.2, 0.25) is 0 Å². The van der Waals surface area contributed by atoms with Gasteiger partial charge in [0, 0.05) is 20.8 Å². The maximum Gasteiger partial charge on any atom is 0.0331 e. The molecule has 88 valence electrons. The van der Waals surface area contributed by atoms with Gasteiger partial charge in [-0.3, -0.25) is 0 Å². The number of anilines is 1. The van der Waals surface area contributed by atoms with Gasteiger partial charge in [0.1, 0.15) is 0 Å². The maximum absolute atomic E-state index is 5.73. The lowest BCUT2D eigenvalue weighted by molar-refractivity contribution is 0.391. The molecule has 1 nitrogen and oxygen atoms in total. The SMILES string of the molecule is Nc1ccc(SCC2CCCCC2)c(Br)c1. The predicted molar refractivity (Wildman–Crippen MR) is 75.9 cm³/mol. The molecule has 0 radical (unpaired) electrons. The number of thioether (sulfide) groups is 1. The summed E-state index contributed by atoms with van der Waals surface area (Å²) in [5.41, 5.74) is 6.55. The van der Waals surface area contributed by atoms with Crippen molar-refractivity contribution in [3.63, 3.8) is 0 Å². The van der Waals surface area contributed by atoms with Crippen molar-refractivity contribution in [3.05, 3.63) is 22.7 Å². The van der Waals surface area contributed by atoms with Crippen molar-refractivity contribution < 1.29 is 0 Å². The molecule has 2 N–H and O–H groups in total. The third kappa shape index (κ3) is 3.42. The molecule has 0 saturated heterocycles. The summed E-state index contributed by atoms with van der Waals surface area (Å²) in [4.78, 5) is 1.32. The number of halogens is 1. The van der Waals surface area contributed by atoms with Crippen LogP contribution in [0.15, 0.2) is 27.6 Å². The standard InChI is InChI=1S/C13H18BrNS/c14-12-8-11(15)6-7-13(12)16-9-10-4-2-1-3-5-10/h6-8,10H,1-5,9,15H2. The second kappa shape index (κ2) is 5.97. The lowest BCUT2D eigenvalue weighted by Crippen LogP contribution is -2.08. The van der Waals surface area contributed by atoms with Gasteiger partial charge in [0.05, 0.1) is 0 Å². The summed E-state index contributed by atoms with van der Waals surface area (Å²) in [6.07, 6.45) is 7.12. The largest absolute Gasteiger partial charge is 0.399 e. The van der Waals surface area contributed by atoms with Crippen molar-refractivity contribution in [2.24, 2.45) is 5.92 Å². The zero-order valence-electron chi connectivity index (χ0n) is 9.42. The van der Waals surface area contributed by atoms with Crippen LogP contribution in [-0.4, -0.2) is 5.75 Å². The summed E-state index contributed by atoms with van der Waals surface area (Å²) in [5.74, 6) is 2.17. The highest BCUT2D eigenvalue weighted by atomic mass is 79.9. The first-order valence-corrected chi connectivity index (χ1v) is 7.71. The van der Waals surface area contributed by atoms with Gasteiger partial charge < -0.3 is 5.73 Å². The molecule has 2 rings (SSSR count). The maximum atomic E-state index is 5.73. The average Bonchev–Trinajstić information content (AvgIpc) is 2.29. The van der Waals surface area contributed by atoms with Crippen LogP contribution in [0.1, 0.15) is 32.1 Å². The Labute approximate surface area is 110 Å². The zero-order chi connectivity index (χ0) is 11.4. The van der Waals surface area contributed by atoms with Crippen molar-refractivity contribution in [1.29, 1.82) is 0 Å². The van der Waals surface area contributed by atoms with E-state index in [-0.39, 0.29) is 0 Å². The molecular weight excluding hydrogens is 282 g/mol.